The third-order valence-corrected chi connectivity index (χ3v) is 4.22. The first kappa shape index (κ1) is 14.1. The van der Waals surface area contributed by atoms with Crippen LogP contribution in [0.1, 0.15) is 5.69 Å². The van der Waals surface area contributed by atoms with Gasteiger partial charge in [-0.25, -0.2) is 0 Å². The second kappa shape index (κ2) is 5.87. The van der Waals surface area contributed by atoms with Crippen molar-refractivity contribution < 1.29 is 9.32 Å². The Labute approximate surface area is 134 Å². The zero-order chi connectivity index (χ0) is 14.8. The van der Waals surface area contributed by atoms with E-state index in [0.29, 0.717) is 22.0 Å². The van der Waals surface area contributed by atoms with Crippen molar-refractivity contribution in [1.29, 1.82) is 0 Å². The van der Waals surface area contributed by atoms with Crippen LogP contribution in [0.15, 0.2) is 51.5 Å². The summed E-state index contributed by atoms with van der Waals surface area (Å²) in [7, 11) is 0. The van der Waals surface area contributed by atoms with Gasteiger partial charge in [0.1, 0.15) is 5.69 Å². The van der Waals surface area contributed by atoms with Gasteiger partial charge in [-0.2, -0.15) is 0 Å². The molecule has 0 spiro atoms. The van der Waals surface area contributed by atoms with Gasteiger partial charge in [0.15, 0.2) is 5.58 Å². The van der Waals surface area contributed by atoms with Crippen LogP contribution in [0.4, 0.5) is 5.69 Å². The van der Waals surface area contributed by atoms with E-state index in [1.807, 2.05) is 24.3 Å². The van der Waals surface area contributed by atoms with E-state index in [1.165, 1.54) is 0 Å². The highest BCUT2D eigenvalue weighted by molar-refractivity contribution is 9.10. The highest BCUT2D eigenvalue weighted by atomic mass is 79.9. The van der Waals surface area contributed by atoms with Gasteiger partial charge in [-0.1, -0.05) is 28.9 Å². The fraction of sp³-hybridized carbons (Fsp3) is 0.0667. The Bertz CT molecular complexity index is 816. The minimum atomic E-state index is -0.174. The number of carbonyl (C=O) groups excluding carboxylic acids is 1. The van der Waals surface area contributed by atoms with Gasteiger partial charge in [-0.15, -0.1) is 0 Å². The van der Waals surface area contributed by atoms with Crippen molar-refractivity contribution >= 4 is 50.1 Å². The molecule has 1 aromatic heterocycles. The quantitative estimate of drug-likeness (QED) is 0.747. The van der Waals surface area contributed by atoms with E-state index in [0.717, 1.165) is 9.86 Å². The van der Waals surface area contributed by atoms with Crippen LogP contribution < -0.4 is 5.32 Å². The van der Waals surface area contributed by atoms with Crippen LogP contribution in [0.5, 0.6) is 0 Å². The van der Waals surface area contributed by atoms with Gasteiger partial charge in [0.2, 0.25) is 5.91 Å². The predicted molar refractivity (Wildman–Crippen MR) is 85.5 cm³/mol. The van der Waals surface area contributed by atoms with Gasteiger partial charge in [0.25, 0.3) is 0 Å². The standard InChI is InChI=1S/C15H10BrClN2O2/c16-11-6-5-9(7-12(11)17)18-15(20)8-13-10-3-1-2-4-14(10)21-19-13/h1-7H,8H2,(H,18,20). The Balaban J connectivity index is 1.75. The van der Waals surface area contributed by atoms with Crippen molar-refractivity contribution in [1.82, 2.24) is 5.16 Å². The molecule has 4 nitrogen and oxygen atoms in total. The Morgan fingerprint density at radius 3 is 2.90 bits per heavy atom. The molecule has 3 rings (SSSR count). The summed E-state index contributed by atoms with van der Waals surface area (Å²) in [6.45, 7) is 0. The molecule has 1 amide bonds. The highest BCUT2D eigenvalue weighted by Gasteiger charge is 2.12. The first-order chi connectivity index (χ1) is 10.1. The van der Waals surface area contributed by atoms with Crippen molar-refractivity contribution in [2.24, 2.45) is 0 Å². The largest absolute Gasteiger partial charge is 0.356 e. The fourth-order valence-electron chi connectivity index (χ4n) is 2.00. The zero-order valence-corrected chi connectivity index (χ0v) is 13.1. The van der Waals surface area contributed by atoms with E-state index in [1.54, 1.807) is 18.2 Å². The molecular weight excluding hydrogens is 356 g/mol. The molecule has 3 aromatic rings. The maximum absolute atomic E-state index is 12.1. The molecule has 0 unspecified atom stereocenters. The smallest absolute Gasteiger partial charge is 0.230 e. The lowest BCUT2D eigenvalue weighted by Crippen LogP contribution is -2.14. The third-order valence-electron chi connectivity index (χ3n) is 2.98. The summed E-state index contributed by atoms with van der Waals surface area (Å²) in [5.74, 6) is -0.174. The molecule has 0 aliphatic heterocycles. The lowest BCUT2D eigenvalue weighted by molar-refractivity contribution is -0.115. The second-order valence-electron chi connectivity index (χ2n) is 4.48. The average Bonchev–Trinajstić information content (AvgIpc) is 2.86. The molecule has 1 heterocycles. The van der Waals surface area contributed by atoms with Crippen LogP contribution in [0.25, 0.3) is 11.0 Å². The molecule has 1 N–H and O–H groups in total. The van der Waals surface area contributed by atoms with Crippen molar-refractivity contribution in [2.75, 3.05) is 5.32 Å². The number of fused-ring (bicyclic) bond motifs is 1. The van der Waals surface area contributed by atoms with Crippen LogP contribution in [0.2, 0.25) is 5.02 Å². The van der Waals surface area contributed by atoms with Crippen LogP contribution in [0.3, 0.4) is 0 Å². The summed E-state index contributed by atoms with van der Waals surface area (Å²) in [4.78, 5) is 12.1. The SMILES string of the molecule is O=C(Cc1noc2ccccc12)Nc1ccc(Br)c(Cl)c1. The van der Waals surface area contributed by atoms with E-state index < -0.39 is 0 Å². The molecule has 2 aromatic carbocycles. The number of amides is 1. The van der Waals surface area contributed by atoms with Gasteiger partial charge in [-0.05, 0) is 46.3 Å². The first-order valence-electron chi connectivity index (χ1n) is 6.21. The number of carbonyl (C=O) groups is 1. The number of anilines is 1. The minimum Gasteiger partial charge on any atom is -0.356 e. The van der Waals surface area contributed by atoms with Crippen molar-refractivity contribution in [3.05, 3.63) is 57.7 Å². The maximum Gasteiger partial charge on any atom is 0.230 e. The Morgan fingerprint density at radius 2 is 2.10 bits per heavy atom. The molecule has 0 atom stereocenters. The summed E-state index contributed by atoms with van der Waals surface area (Å²) < 4.78 is 5.96. The lowest BCUT2D eigenvalue weighted by Gasteiger charge is -2.05. The molecule has 0 saturated carbocycles. The molecule has 0 saturated heterocycles. The zero-order valence-electron chi connectivity index (χ0n) is 10.8. The second-order valence-corrected chi connectivity index (χ2v) is 5.74. The molecule has 21 heavy (non-hydrogen) atoms. The number of hydrogen-bond acceptors (Lipinski definition) is 3. The topological polar surface area (TPSA) is 55.1 Å². The van der Waals surface area contributed by atoms with E-state index in [9.17, 15) is 4.79 Å². The summed E-state index contributed by atoms with van der Waals surface area (Å²) in [6, 6.07) is 12.7. The molecule has 0 aliphatic rings. The van der Waals surface area contributed by atoms with Crippen LogP contribution in [-0.4, -0.2) is 11.1 Å². The van der Waals surface area contributed by atoms with E-state index >= 15 is 0 Å². The Kier molecular flexibility index (Phi) is 3.94. The summed E-state index contributed by atoms with van der Waals surface area (Å²) >= 11 is 9.30. The number of benzene rings is 2. The normalized spacial score (nSPS) is 10.8. The number of nitrogens with zero attached hydrogens (tertiary/aromatic N) is 1. The average molecular weight is 366 g/mol. The Morgan fingerprint density at radius 1 is 1.29 bits per heavy atom. The molecule has 0 radical (unpaired) electrons. The van der Waals surface area contributed by atoms with Gasteiger partial charge in [0, 0.05) is 15.5 Å². The number of halogens is 2. The van der Waals surface area contributed by atoms with Gasteiger partial charge in [-0.3, -0.25) is 4.79 Å². The fourth-order valence-corrected chi connectivity index (χ4v) is 2.42. The van der Waals surface area contributed by atoms with Gasteiger partial charge in [0.05, 0.1) is 11.4 Å². The van der Waals surface area contributed by atoms with E-state index in [2.05, 4.69) is 26.4 Å². The lowest BCUT2D eigenvalue weighted by atomic mass is 10.1. The first-order valence-corrected chi connectivity index (χ1v) is 7.39. The number of hydrogen-bond donors (Lipinski definition) is 1. The van der Waals surface area contributed by atoms with Crippen LogP contribution in [0, 0.1) is 0 Å². The summed E-state index contributed by atoms with van der Waals surface area (Å²) in [5.41, 5.74) is 1.93. The highest BCUT2D eigenvalue weighted by Crippen LogP contribution is 2.25. The van der Waals surface area contributed by atoms with Crippen molar-refractivity contribution in [2.45, 2.75) is 6.42 Å². The third kappa shape index (κ3) is 3.09. The van der Waals surface area contributed by atoms with Crippen molar-refractivity contribution in [3.63, 3.8) is 0 Å². The van der Waals surface area contributed by atoms with E-state index in [-0.39, 0.29) is 12.3 Å². The molecule has 106 valence electrons. The Hall–Kier alpha value is -1.85. The van der Waals surface area contributed by atoms with Gasteiger partial charge >= 0.3 is 0 Å². The van der Waals surface area contributed by atoms with Crippen LogP contribution >= 0.6 is 27.5 Å². The molecule has 0 aliphatic carbocycles. The van der Waals surface area contributed by atoms with E-state index in [4.69, 9.17) is 16.1 Å². The minimum absolute atomic E-state index is 0.144. The summed E-state index contributed by atoms with van der Waals surface area (Å²) in [5, 5.41) is 8.12. The molecule has 0 bridgehead atoms. The number of nitrogens with one attached hydrogen (secondary N) is 1. The number of aromatic nitrogens is 1. The maximum atomic E-state index is 12.1. The predicted octanol–water partition coefficient (Wildman–Crippen LogP) is 4.42. The molecule has 6 heteroatoms. The summed E-state index contributed by atoms with van der Waals surface area (Å²) in [6.07, 6.45) is 0.144. The molecular formula is C15H10BrClN2O2. The van der Waals surface area contributed by atoms with Crippen LogP contribution in [-0.2, 0) is 11.2 Å². The molecule has 0 fully saturated rings. The number of para-hydroxylation sites is 1. The monoisotopic (exact) mass is 364 g/mol. The van der Waals surface area contributed by atoms with Gasteiger partial charge < -0.3 is 9.84 Å². The number of rotatable bonds is 3. The van der Waals surface area contributed by atoms with Crippen molar-refractivity contribution in [3.8, 4) is 0 Å².